The van der Waals surface area contributed by atoms with E-state index in [9.17, 15) is 18.7 Å². The first-order chi connectivity index (χ1) is 12.0. The molecular formula is C18H12F2NO4-. The molecule has 25 heavy (non-hydrogen) atoms. The Morgan fingerprint density at radius 3 is 2.44 bits per heavy atom. The number of benzene rings is 2. The average molecular weight is 344 g/mol. The van der Waals surface area contributed by atoms with Crippen LogP contribution in [0, 0.1) is 11.6 Å². The summed E-state index contributed by atoms with van der Waals surface area (Å²) in [6.45, 7) is 0. The van der Waals surface area contributed by atoms with Crippen LogP contribution in [0.2, 0.25) is 0 Å². The highest BCUT2D eigenvalue weighted by atomic mass is 19.1. The van der Waals surface area contributed by atoms with Crippen LogP contribution >= 0.6 is 0 Å². The van der Waals surface area contributed by atoms with Gasteiger partial charge in [0.05, 0.1) is 12.8 Å². The molecule has 1 heterocycles. The van der Waals surface area contributed by atoms with Crippen molar-refractivity contribution in [3.63, 3.8) is 0 Å². The van der Waals surface area contributed by atoms with Gasteiger partial charge in [0.25, 0.3) is 0 Å². The van der Waals surface area contributed by atoms with Gasteiger partial charge in [-0.15, -0.1) is 0 Å². The first-order valence-corrected chi connectivity index (χ1v) is 7.27. The molecular weight excluding hydrogens is 332 g/mol. The van der Waals surface area contributed by atoms with Crippen LogP contribution < -0.4 is 9.84 Å². The number of hydrogen-bond donors (Lipinski definition) is 0. The maximum absolute atomic E-state index is 13.9. The zero-order chi connectivity index (χ0) is 18.0. The molecule has 0 bridgehead atoms. The molecule has 7 heteroatoms. The van der Waals surface area contributed by atoms with Crippen LogP contribution in [-0.4, -0.2) is 18.1 Å². The maximum Gasteiger partial charge on any atom is 0.227 e. The van der Waals surface area contributed by atoms with Crippen molar-refractivity contribution in [1.82, 2.24) is 4.98 Å². The number of rotatable bonds is 5. The predicted octanol–water partition coefficient (Wildman–Crippen LogP) is 2.59. The van der Waals surface area contributed by atoms with Gasteiger partial charge in [-0.1, -0.05) is 0 Å². The fourth-order valence-corrected chi connectivity index (χ4v) is 2.36. The number of carboxylic acids is 1. The van der Waals surface area contributed by atoms with E-state index in [0.29, 0.717) is 11.1 Å². The standard InChI is InChI=1S/C18H13F2NO4/c1-24-15-7-4-11(8-13(15)20)17-14(9-16(22)23)21-18(25-17)10-2-5-12(19)6-3-10/h2-8H,9H2,1H3,(H,22,23)/p-1. The highest BCUT2D eigenvalue weighted by Crippen LogP contribution is 2.32. The van der Waals surface area contributed by atoms with Crippen molar-refractivity contribution in [3.05, 3.63) is 59.8 Å². The molecule has 0 atom stereocenters. The fourth-order valence-electron chi connectivity index (χ4n) is 2.36. The zero-order valence-corrected chi connectivity index (χ0v) is 13.1. The van der Waals surface area contributed by atoms with E-state index in [1.807, 2.05) is 0 Å². The molecule has 0 saturated heterocycles. The summed E-state index contributed by atoms with van der Waals surface area (Å²) in [5.74, 6) is -2.16. The van der Waals surface area contributed by atoms with Crippen LogP contribution in [-0.2, 0) is 11.2 Å². The van der Waals surface area contributed by atoms with E-state index in [-0.39, 0.29) is 23.1 Å². The van der Waals surface area contributed by atoms with Crippen LogP contribution in [0.1, 0.15) is 5.69 Å². The SMILES string of the molecule is COc1ccc(-c2oc(-c3ccc(F)cc3)nc2CC(=O)[O-])cc1F. The molecule has 3 rings (SSSR count). The number of nitrogens with zero attached hydrogens (tertiary/aromatic N) is 1. The van der Waals surface area contributed by atoms with Crippen molar-refractivity contribution >= 4 is 5.97 Å². The van der Waals surface area contributed by atoms with Gasteiger partial charge in [0.2, 0.25) is 5.89 Å². The summed E-state index contributed by atoms with van der Waals surface area (Å²) >= 11 is 0. The van der Waals surface area contributed by atoms with Crippen molar-refractivity contribution in [2.45, 2.75) is 6.42 Å². The molecule has 5 nitrogen and oxygen atoms in total. The molecule has 2 aromatic carbocycles. The Morgan fingerprint density at radius 1 is 1.16 bits per heavy atom. The van der Waals surface area contributed by atoms with Gasteiger partial charge in [0.1, 0.15) is 5.82 Å². The van der Waals surface area contributed by atoms with Gasteiger partial charge in [0, 0.05) is 23.5 Å². The number of ether oxygens (including phenoxy) is 1. The van der Waals surface area contributed by atoms with Gasteiger partial charge < -0.3 is 19.1 Å². The normalized spacial score (nSPS) is 10.7. The van der Waals surface area contributed by atoms with Crippen LogP contribution in [0.15, 0.2) is 46.9 Å². The molecule has 3 aromatic rings. The number of hydrogen-bond acceptors (Lipinski definition) is 5. The molecule has 0 aliphatic carbocycles. The van der Waals surface area contributed by atoms with E-state index in [1.165, 1.54) is 43.5 Å². The summed E-state index contributed by atoms with van der Waals surface area (Å²) in [5.41, 5.74) is 0.848. The minimum atomic E-state index is -1.35. The Bertz CT molecular complexity index is 919. The third-order valence-corrected chi connectivity index (χ3v) is 3.51. The number of oxazole rings is 1. The number of aliphatic carboxylic acids is 1. The van der Waals surface area contributed by atoms with E-state index >= 15 is 0 Å². The van der Waals surface area contributed by atoms with Crippen LogP contribution in [0.25, 0.3) is 22.8 Å². The number of methoxy groups -OCH3 is 1. The summed E-state index contributed by atoms with van der Waals surface area (Å²) in [6, 6.07) is 9.43. The summed E-state index contributed by atoms with van der Waals surface area (Å²) in [7, 11) is 1.33. The second-order valence-electron chi connectivity index (χ2n) is 5.20. The molecule has 128 valence electrons. The lowest BCUT2D eigenvalue weighted by atomic mass is 10.1. The lowest BCUT2D eigenvalue weighted by molar-refractivity contribution is -0.304. The molecule has 0 aliphatic rings. The number of carbonyl (C=O) groups excluding carboxylic acids is 1. The Hall–Kier alpha value is -3.22. The van der Waals surface area contributed by atoms with Gasteiger partial charge in [-0.05, 0) is 42.5 Å². The summed E-state index contributed by atoms with van der Waals surface area (Å²) in [4.78, 5) is 15.1. The zero-order valence-electron chi connectivity index (χ0n) is 13.1. The lowest BCUT2D eigenvalue weighted by Gasteiger charge is -2.05. The molecule has 0 saturated carbocycles. The molecule has 0 fully saturated rings. The predicted molar refractivity (Wildman–Crippen MR) is 82.6 cm³/mol. The third-order valence-electron chi connectivity index (χ3n) is 3.51. The van der Waals surface area contributed by atoms with Crippen molar-refractivity contribution in [1.29, 1.82) is 0 Å². The highest BCUT2D eigenvalue weighted by molar-refractivity contribution is 5.73. The van der Waals surface area contributed by atoms with Gasteiger partial charge in [-0.3, -0.25) is 0 Å². The first-order valence-electron chi connectivity index (χ1n) is 7.27. The van der Waals surface area contributed by atoms with Crippen molar-refractivity contribution < 1.29 is 27.8 Å². The molecule has 0 aliphatic heterocycles. The molecule has 0 radical (unpaired) electrons. The van der Waals surface area contributed by atoms with E-state index in [1.54, 1.807) is 0 Å². The van der Waals surface area contributed by atoms with E-state index < -0.39 is 24.0 Å². The quantitative estimate of drug-likeness (QED) is 0.711. The van der Waals surface area contributed by atoms with Gasteiger partial charge >= 0.3 is 0 Å². The van der Waals surface area contributed by atoms with E-state index in [4.69, 9.17) is 9.15 Å². The van der Waals surface area contributed by atoms with E-state index in [2.05, 4.69) is 4.98 Å². The van der Waals surface area contributed by atoms with Crippen LogP contribution in [0.4, 0.5) is 8.78 Å². The number of carboxylic acid groups (broad SMARTS) is 1. The molecule has 0 amide bonds. The third kappa shape index (κ3) is 3.50. The van der Waals surface area contributed by atoms with Crippen molar-refractivity contribution in [3.8, 4) is 28.5 Å². The molecule has 1 aromatic heterocycles. The van der Waals surface area contributed by atoms with Gasteiger partial charge in [-0.2, -0.15) is 0 Å². The minimum Gasteiger partial charge on any atom is -0.550 e. The number of halogens is 2. The topological polar surface area (TPSA) is 75.4 Å². The molecule has 0 unspecified atom stereocenters. The Morgan fingerprint density at radius 2 is 1.84 bits per heavy atom. The minimum absolute atomic E-state index is 0.0449. The number of carbonyl (C=O) groups is 1. The maximum atomic E-state index is 13.9. The summed E-state index contributed by atoms with van der Waals surface area (Å²) < 4.78 is 37.5. The van der Waals surface area contributed by atoms with Crippen LogP contribution in [0.5, 0.6) is 5.75 Å². The summed E-state index contributed by atoms with van der Waals surface area (Å²) in [5, 5.41) is 11.0. The smallest absolute Gasteiger partial charge is 0.227 e. The Labute approximate surface area is 141 Å². The summed E-state index contributed by atoms with van der Waals surface area (Å²) in [6.07, 6.45) is -0.506. The number of aromatic nitrogens is 1. The highest BCUT2D eigenvalue weighted by Gasteiger charge is 2.18. The monoisotopic (exact) mass is 344 g/mol. The van der Waals surface area contributed by atoms with Gasteiger partial charge in [0.15, 0.2) is 17.3 Å². The average Bonchev–Trinajstić information content (AvgIpc) is 2.98. The Kier molecular flexibility index (Phi) is 4.47. The van der Waals surface area contributed by atoms with Crippen molar-refractivity contribution in [2.24, 2.45) is 0 Å². The lowest BCUT2D eigenvalue weighted by Crippen LogP contribution is -2.24. The second-order valence-corrected chi connectivity index (χ2v) is 5.20. The Balaban J connectivity index is 2.09. The van der Waals surface area contributed by atoms with Crippen molar-refractivity contribution in [2.75, 3.05) is 7.11 Å². The molecule has 0 N–H and O–H groups in total. The largest absolute Gasteiger partial charge is 0.550 e. The fraction of sp³-hybridized carbons (Fsp3) is 0.111. The first kappa shape index (κ1) is 16.6. The van der Waals surface area contributed by atoms with Gasteiger partial charge in [-0.25, -0.2) is 13.8 Å². The van der Waals surface area contributed by atoms with Crippen LogP contribution in [0.3, 0.4) is 0 Å². The second kappa shape index (κ2) is 6.72. The molecule has 0 spiro atoms. The van der Waals surface area contributed by atoms with E-state index in [0.717, 1.165) is 6.07 Å².